The lowest BCUT2D eigenvalue weighted by atomic mass is 9.95. The summed E-state index contributed by atoms with van der Waals surface area (Å²) in [5.74, 6) is 0.392. The average Bonchev–Trinajstić information content (AvgIpc) is 2.22. The van der Waals surface area contributed by atoms with Gasteiger partial charge in [0.05, 0.1) is 17.5 Å². The molecule has 88 valence electrons. The first-order valence-electron chi connectivity index (χ1n) is 5.87. The van der Waals surface area contributed by atoms with Crippen molar-refractivity contribution in [1.82, 2.24) is 0 Å². The second kappa shape index (κ2) is 4.34. The van der Waals surface area contributed by atoms with Crippen LogP contribution in [0, 0.1) is 12.8 Å². The fourth-order valence-corrected chi connectivity index (χ4v) is 2.23. The Hall–Kier alpha value is -1.22. The molecule has 3 nitrogen and oxygen atoms in total. The van der Waals surface area contributed by atoms with Gasteiger partial charge in [-0.1, -0.05) is 13.0 Å². The average molecular weight is 220 g/mol. The Balaban J connectivity index is 2.18. The van der Waals surface area contributed by atoms with E-state index in [-0.39, 0.29) is 6.10 Å². The number of aliphatic hydroxyl groups is 1. The second-order valence-corrected chi connectivity index (χ2v) is 4.84. The fraction of sp³-hybridized carbons (Fsp3) is 0.538. The Morgan fingerprint density at radius 1 is 1.44 bits per heavy atom. The van der Waals surface area contributed by atoms with Gasteiger partial charge in [-0.25, -0.2) is 0 Å². The molecule has 1 aromatic rings. The lowest BCUT2D eigenvalue weighted by Crippen LogP contribution is -2.43. The molecule has 2 atom stereocenters. The highest BCUT2D eigenvalue weighted by molar-refractivity contribution is 5.68. The third-order valence-corrected chi connectivity index (χ3v) is 3.44. The number of anilines is 2. The molecule has 1 heterocycles. The Morgan fingerprint density at radius 2 is 2.19 bits per heavy atom. The minimum atomic E-state index is -0.241. The summed E-state index contributed by atoms with van der Waals surface area (Å²) in [4.78, 5) is 2.18. The smallest absolute Gasteiger partial charge is 0.0741 e. The molecule has 3 N–H and O–H groups in total. The van der Waals surface area contributed by atoms with E-state index < -0.39 is 0 Å². The van der Waals surface area contributed by atoms with E-state index in [0.717, 1.165) is 24.3 Å². The third-order valence-electron chi connectivity index (χ3n) is 3.44. The molecule has 0 radical (unpaired) electrons. The summed E-state index contributed by atoms with van der Waals surface area (Å²) in [6, 6.07) is 6.10. The number of hydrogen-bond acceptors (Lipinski definition) is 3. The van der Waals surface area contributed by atoms with E-state index in [1.165, 1.54) is 5.56 Å². The first-order chi connectivity index (χ1) is 7.58. The van der Waals surface area contributed by atoms with Crippen molar-refractivity contribution in [3.05, 3.63) is 23.8 Å². The molecule has 1 aliphatic heterocycles. The second-order valence-electron chi connectivity index (χ2n) is 4.84. The third kappa shape index (κ3) is 2.14. The Morgan fingerprint density at radius 3 is 2.81 bits per heavy atom. The highest BCUT2D eigenvalue weighted by Gasteiger charge is 2.25. The molecule has 16 heavy (non-hydrogen) atoms. The number of nitrogens with two attached hydrogens (primary N) is 1. The molecule has 0 spiro atoms. The highest BCUT2D eigenvalue weighted by Crippen LogP contribution is 2.28. The minimum Gasteiger partial charge on any atom is -0.397 e. The van der Waals surface area contributed by atoms with Crippen LogP contribution in [-0.4, -0.2) is 24.3 Å². The summed E-state index contributed by atoms with van der Waals surface area (Å²) >= 11 is 0. The van der Waals surface area contributed by atoms with Crippen LogP contribution >= 0.6 is 0 Å². The summed E-state index contributed by atoms with van der Waals surface area (Å²) < 4.78 is 0. The van der Waals surface area contributed by atoms with Gasteiger partial charge >= 0.3 is 0 Å². The predicted octanol–water partition coefficient (Wildman–Crippen LogP) is 1.78. The zero-order valence-electron chi connectivity index (χ0n) is 9.98. The largest absolute Gasteiger partial charge is 0.397 e. The van der Waals surface area contributed by atoms with E-state index in [1.807, 2.05) is 19.1 Å². The normalized spacial score (nSPS) is 25.8. The maximum absolute atomic E-state index is 9.87. The van der Waals surface area contributed by atoms with E-state index in [2.05, 4.69) is 17.9 Å². The Kier molecular flexibility index (Phi) is 3.06. The SMILES string of the molecule is Cc1ccc(N2CCC(C)C(O)C2)c(N)c1. The summed E-state index contributed by atoms with van der Waals surface area (Å²) in [6.45, 7) is 5.80. The summed E-state index contributed by atoms with van der Waals surface area (Å²) in [6.07, 6.45) is 0.781. The molecule has 1 aliphatic rings. The van der Waals surface area contributed by atoms with Gasteiger partial charge in [0, 0.05) is 13.1 Å². The monoisotopic (exact) mass is 220 g/mol. The van der Waals surface area contributed by atoms with Crippen molar-refractivity contribution < 1.29 is 5.11 Å². The minimum absolute atomic E-state index is 0.241. The zero-order valence-corrected chi connectivity index (χ0v) is 9.98. The molecule has 1 fully saturated rings. The van der Waals surface area contributed by atoms with Crippen LogP contribution in [0.5, 0.6) is 0 Å². The van der Waals surface area contributed by atoms with E-state index in [0.29, 0.717) is 12.5 Å². The summed E-state index contributed by atoms with van der Waals surface area (Å²) in [5.41, 5.74) is 9.04. The van der Waals surface area contributed by atoms with Crippen LogP contribution in [0.4, 0.5) is 11.4 Å². The molecular formula is C13H20N2O. The maximum atomic E-state index is 9.87. The van der Waals surface area contributed by atoms with Crippen molar-refractivity contribution in [2.45, 2.75) is 26.4 Å². The fourth-order valence-electron chi connectivity index (χ4n) is 2.23. The Labute approximate surface area is 96.9 Å². The number of nitrogen functional groups attached to an aromatic ring is 1. The number of piperidine rings is 1. The molecule has 3 heteroatoms. The number of benzene rings is 1. The number of nitrogens with zero attached hydrogens (tertiary/aromatic N) is 1. The number of rotatable bonds is 1. The molecule has 2 rings (SSSR count). The van der Waals surface area contributed by atoms with Crippen LogP contribution in [0.3, 0.4) is 0 Å². The number of aryl methyl sites for hydroxylation is 1. The van der Waals surface area contributed by atoms with Gasteiger partial charge in [0.2, 0.25) is 0 Å². The van der Waals surface area contributed by atoms with Gasteiger partial charge in [0.25, 0.3) is 0 Å². The first-order valence-corrected chi connectivity index (χ1v) is 5.87. The van der Waals surface area contributed by atoms with Crippen LogP contribution in [0.1, 0.15) is 18.9 Å². The van der Waals surface area contributed by atoms with Crippen molar-refractivity contribution in [2.24, 2.45) is 5.92 Å². The van der Waals surface area contributed by atoms with E-state index in [9.17, 15) is 5.11 Å². The van der Waals surface area contributed by atoms with Crippen LogP contribution in [0.2, 0.25) is 0 Å². The number of aliphatic hydroxyl groups excluding tert-OH is 1. The number of hydrogen-bond donors (Lipinski definition) is 2. The van der Waals surface area contributed by atoms with Crippen LogP contribution in [0.15, 0.2) is 18.2 Å². The lowest BCUT2D eigenvalue weighted by molar-refractivity contribution is 0.103. The first kappa shape index (κ1) is 11.3. The van der Waals surface area contributed by atoms with Gasteiger partial charge in [0.15, 0.2) is 0 Å². The van der Waals surface area contributed by atoms with Crippen LogP contribution < -0.4 is 10.6 Å². The van der Waals surface area contributed by atoms with Crippen molar-refractivity contribution >= 4 is 11.4 Å². The summed E-state index contributed by atoms with van der Waals surface area (Å²) in [5, 5.41) is 9.87. The van der Waals surface area contributed by atoms with Gasteiger partial charge in [-0.05, 0) is 37.0 Å². The van der Waals surface area contributed by atoms with Crippen LogP contribution in [0.25, 0.3) is 0 Å². The van der Waals surface area contributed by atoms with Gasteiger partial charge < -0.3 is 15.7 Å². The van der Waals surface area contributed by atoms with Crippen molar-refractivity contribution in [2.75, 3.05) is 23.7 Å². The quantitative estimate of drug-likeness (QED) is 0.709. The van der Waals surface area contributed by atoms with Crippen molar-refractivity contribution in [3.8, 4) is 0 Å². The Bertz CT molecular complexity index is 378. The topological polar surface area (TPSA) is 49.5 Å². The van der Waals surface area contributed by atoms with E-state index in [1.54, 1.807) is 0 Å². The number of β-amino-alcohol motifs (C(OH)–C–C–N with tert-alkyl or cyclic N) is 1. The van der Waals surface area contributed by atoms with Gasteiger partial charge in [-0.2, -0.15) is 0 Å². The molecule has 2 unspecified atom stereocenters. The molecule has 0 bridgehead atoms. The summed E-state index contributed by atoms with van der Waals surface area (Å²) in [7, 11) is 0. The molecule has 0 aliphatic carbocycles. The molecule has 0 aromatic heterocycles. The van der Waals surface area contributed by atoms with E-state index in [4.69, 9.17) is 5.73 Å². The predicted molar refractivity (Wildman–Crippen MR) is 67.6 cm³/mol. The molecule has 1 aromatic carbocycles. The van der Waals surface area contributed by atoms with E-state index >= 15 is 0 Å². The van der Waals surface area contributed by atoms with Crippen molar-refractivity contribution in [1.29, 1.82) is 0 Å². The van der Waals surface area contributed by atoms with Gasteiger partial charge in [0.1, 0.15) is 0 Å². The van der Waals surface area contributed by atoms with Gasteiger partial charge in [-0.3, -0.25) is 0 Å². The maximum Gasteiger partial charge on any atom is 0.0741 e. The van der Waals surface area contributed by atoms with Gasteiger partial charge in [-0.15, -0.1) is 0 Å². The van der Waals surface area contributed by atoms with Crippen LogP contribution in [-0.2, 0) is 0 Å². The molecular weight excluding hydrogens is 200 g/mol. The van der Waals surface area contributed by atoms with Crippen molar-refractivity contribution in [3.63, 3.8) is 0 Å². The molecule has 0 amide bonds. The standard InChI is InChI=1S/C13H20N2O/c1-9-3-4-12(11(14)7-9)15-6-5-10(2)13(16)8-15/h3-4,7,10,13,16H,5-6,8,14H2,1-2H3. The molecule has 1 saturated heterocycles. The zero-order chi connectivity index (χ0) is 11.7. The highest BCUT2D eigenvalue weighted by atomic mass is 16.3. The lowest BCUT2D eigenvalue weighted by Gasteiger charge is -2.36. The molecule has 0 saturated carbocycles.